The Hall–Kier alpha value is -1.94. The van der Waals surface area contributed by atoms with E-state index in [0.717, 1.165) is 13.1 Å². The highest BCUT2D eigenvalue weighted by Crippen LogP contribution is 2.35. The van der Waals surface area contributed by atoms with Gasteiger partial charge in [0.25, 0.3) is 0 Å². The third kappa shape index (κ3) is 5.11. The van der Waals surface area contributed by atoms with E-state index in [9.17, 15) is 10.2 Å². The second kappa shape index (κ2) is 9.51. The van der Waals surface area contributed by atoms with Crippen molar-refractivity contribution < 1.29 is 10.2 Å². The molecule has 0 aromatic heterocycles. The molecule has 0 aliphatic carbocycles. The topological polar surface area (TPSA) is 43.7 Å². The maximum absolute atomic E-state index is 10.8. The van der Waals surface area contributed by atoms with Gasteiger partial charge >= 0.3 is 0 Å². The molecular formula is C25H33NO2. The Morgan fingerprint density at radius 2 is 1.75 bits per heavy atom. The summed E-state index contributed by atoms with van der Waals surface area (Å²) in [7, 11) is 0. The van der Waals surface area contributed by atoms with Gasteiger partial charge in [-0.2, -0.15) is 0 Å². The molecule has 150 valence electrons. The van der Waals surface area contributed by atoms with E-state index in [4.69, 9.17) is 0 Å². The van der Waals surface area contributed by atoms with Crippen LogP contribution in [0, 0.1) is 11.3 Å². The molecule has 1 fully saturated rings. The predicted molar refractivity (Wildman–Crippen MR) is 116 cm³/mol. The van der Waals surface area contributed by atoms with Crippen LogP contribution in [0.5, 0.6) is 0 Å². The average molecular weight is 380 g/mol. The van der Waals surface area contributed by atoms with Gasteiger partial charge in [0, 0.05) is 25.0 Å². The van der Waals surface area contributed by atoms with Crippen LogP contribution in [-0.2, 0) is 6.42 Å². The molecule has 28 heavy (non-hydrogen) atoms. The molecule has 0 bridgehead atoms. The quantitative estimate of drug-likeness (QED) is 0.764. The smallest absolute Gasteiger partial charge is 0.0646 e. The third-order valence-electron chi connectivity index (χ3n) is 5.75. The van der Waals surface area contributed by atoms with Gasteiger partial charge in [0.05, 0.1) is 12.7 Å². The predicted octanol–water partition coefficient (Wildman–Crippen LogP) is 4.01. The number of nitrogens with zero attached hydrogens (tertiary/aromatic N) is 1. The molecule has 0 unspecified atom stereocenters. The molecule has 2 N–H and O–H groups in total. The highest BCUT2D eigenvalue weighted by molar-refractivity contribution is 5.67. The molecule has 0 radical (unpaired) electrons. The van der Waals surface area contributed by atoms with Gasteiger partial charge in [-0.1, -0.05) is 80.6 Å². The van der Waals surface area contributed by atoms with Crippen molar-refractivity contribution in [1.82, 2.24) is 4.90 Å². The van der Waals surface area contributed by atoms with Crippen molar-refractivity contribution >= 4 is 5.57 Å². The van der Waals surface area contributed by atoms with E-state index in [1.54, 1.807) is 0 Å². The summed E-state index contributed by atoms with van der Waals surface area (Å²) in [5.74, 6) is 0.470. The van der Waals surface area contributed by atoms with Crippen LogP contribution < -0.4 is 0 Å². The van der Waals surface area contributed by atoms with Crippen molar-refractivity contribution in [1.29, 1.82) is 0 Å². The number of piperidine rings is 1. The normalized spacial score (nSPS) is 23.9. The Bertz CT molecular complexity index is 757. The summed E-state index contributed by atoms with van der Waals surface area (Å²) in [6.45, 7) is 6.79. The van der Waals surface area contributed by atoms with Crippen LogP contribution in [0.15, 0.2) is 66.7 Å². The minimum absolute atomic E-state index is 0.00583. The van der Waals surface area contributed by atoms with Crippen LogP contribution in [0.3, 0.4) is 0 Å². The summed E-state index contributed by atoms with van der Waals surface area (Å²) in [5, 5.41) is 21.1. The number of benzene rings is 2. The maximum atomic E-state index is 10.8. The molecule has 0 amide bonds. The molecule has 2 aromatic rings. The Kier molecular flexibility index (Phi) is 7.06. The second-order valence-electron chi connectivity index (χ2n) is 8.50. The zero-order valence-electron chi connectivity index (χ0n) is 17.1. The molecule has 0 saturated carbocycles. The number of hydrogen-bond acceptors (Lipinski definition) is 3. The van der Waals surface area contributed by atoms with Crippen molar-refractivity contribution in [3.8, 4) is 0 Å². The fraction of sp³-hybridized carbons (Fsp3) is 0.440. The Labute approximate surface area is 169 Å². The minimum Gasteiger partial charge on any atom is -0.396 e. The van der Waals surface area contributed by atoms with Crippen molar-refractivity contribution in [2.75, 3.05) is 26.2 Å². The van der Waals surface area contributed by atoms with E-state index in [2.05, 4.69) is 61.2 Å². The van der Waals surface area contributed by atoms with Crippen molar-refractivity contribution in [2.24, 2.45) is 11.3 Å². The van der Waals surface area contributed by atoms with Gasteiger partial charge in [-0.15, -0.1) is 0 Å². The Morgan fingerprint density at radius 1 is 1.11 bits per heavy atom. The number of rotatable bonds is 7. The first-order valence-electron chi connectivity index (χ1n) is 10.3. The summed E-state index contributed by atoms with van der Waals surface area (Å²) in [6, 6.07) is 20.7. The van der Waals surface area contributed by atoms with Gasteiger partial charge in [0.2, 0.25) is 0 Å². The third-order valence-corrected chi connectivity index (χ3v) is 5.75. The lowest BCUT2D eigenvalue weighted by atomic mass is 9.73. The maximum Gasteiger partial charge on any atom is 0.0646 e. The average Bonchev–Trinajstić information content (AvgIpc) is 2.71. The lowest BCUT2D eigenvalue weighted by molar-refractivity contribution is -0.0718. The largest absolute Gasteiger partial charge is 0.396 e. The van der Waals surface area contributed by atoms with Crippen LogP contribution in [0.1, 0.15) is 31.4 Å². The van der Waals surface area contributed by atoms with Crippen LogP contribution in [-0.4, -0.2) is 47.5 Å². The highest BCUT2D eigenvalue weighted by atomic mass is 16.3. The van der Waals surface area contributed by atoms with Crippen molar-refractivity contribution in [2.45, 2.75) is 32.8 Å². The highest BCUT2D eigenvalue weighted by Gasteiger charge is 2.42. The Morgan fingerprint density at radius 3 is 2.36 bits per heavy atom. The molecule has 1 aliphatic heterocycles. The van der Waals surface area contributed by atoms with Gasteiger partial charge in [0.1, 0.15) is 0 Å². The molecule has 3 heteroatoms. The first-order valence-corrected chi connectivity index (χ1v) is 10.3. The molecule has 2 atom stereocenters. The number of aliphatic hydroxyl groups is 2. The lowest BCUT2D eigenvalue weighted by Crippen LogP contribution is -2.55. The molecule has 0 spiro atoms. The zero-order chi connectivity index (χ0) is 20.0. The first kappa shape index (κ1) is 20.8. The first-order chi connectivity index (χ1) is 13.5. The van der Waals surface area contributed by atoms with Crippen LogP contribution in [0.2, 0.25) is 0 Å². The summed E-state index contributed by atoms with van der Waals surface area (Å²) in [6.07, 6.45) is 3.23. The summed E-state index contributed by atoms with van der Waals surface area (Å²) in [4.78, 5) is 2.40. The molecule has 2 aromatic carbocycles. The van der Waals surface area contributed by atoms with Gasteiger partial charge in [-0.05, 0) is 35.5 Å². The summed E-state index contributed by atoms with van der Waals surface area (Å²) in [5.41, 5.74) is 3.22. The molecule has 1 saturated heterocycles. The molecule has 1 aliphatic rings. The van der Waals surface area contributed by atoms with Gasteiger partial charge < -0.3 is 10.2 Å². The molecule has 1 heterocycles. The van der Waals surface area contributed by atoms with Gasteiger partial charge in [-0.3, -0.25) is 4.90 Å². The second-order valence-corrected chi connectivity index (χ2v) is 8.50. The number of allylic oxidation sites excluding steroid dienone is 1. The van der Waals surface area contributed by atoms with E-state index in [1.807, 2.05) is 24.3 Å². The van der Waals surface area contributed by atoms with E-state index in [1.165, 1.54) is 16.7 Å². The lowest BCUT2D eigenvalue weighted by Gasteiger charge is -2.45. The standard InChI is InChI=1S/C25H33NO2/c1-20(2)15-23(22-11-7-4-8-12-22)17-26-14-13-24(28)25(18-26,19-27)16-21-9-5-3-6-10-21/h3-12,15,20,24,27-28H,13-14,16-19H2,1-2H3/t24-,25+/m0/s1. The Balaban J connectivity index is 1.80. The van der Waals surface area contributed by atoms with Crippen LogP contribution >= 0.6 is 0 Å². The number of likely N-dealkylation sites (tertiary alicyclic amines) is 1. The van der Waals surface area contributed by atoms with E-state index >= 15 is 0 Å². The fourth-order valence-corrected chi connectivity index (χ4v) is 4.30. The SMILES string of the molecule is CC(C)C=C(CN1CC[C@H](O)[C@](CO)(Cc2ccccc2)C1)c1ccccc1. The fourth-order valence-electron chi connectivity index (χ4n) is 4.30. The molecule has 3 nitrogen and oxygen atoms in total. The van der Waals surface area contributed by atoms with E-state index < -0.39 is 11.5 Å². The number of hydrogen-bond donors (Lipinski definition) is 2. The monoisotopic (exact) mass is 379 g/mol. The number of aliphatic hydroxyl groups excluding tert-OH is 2. The summed E-state index contributed by atoms with van der Waals surface area (Å²) >= 11 is 0. The van der Waals surface area contributed by atoms with Crippen LogP contribution in [0.25, 0.3) is 5.57 Å². The van der Waals surface area contributed by atoms with Crippen molar-refractivity contribution in [3.05, 3.63) is 77.9 Å². The zero-order valence-corrected chi connectivity index (χ0v) is 17.1. The van der Waals surface area contributed by atoms with Gasteiger partial charge in [-0.25, -0.2) is 0 Å². The summed E-state index contributed by atoms with van der Waals surface area (Å²) < 4.78 is 0. The molecular weight excluding hydrogens is 346 g/mol. The van der Waals surface area contributed by atoms with Crippen molar-refractivity contribution in [3.63, 3.8) is 0 Å². The van der Waals surface area contributed by atoms with E-state index in [0.29, 0.717) is 25.3 Å². The minimum atomic E-state index is -0.515. The van der Waals surface area contributed by atoms with E-state index in [-0.39, 0.29) is 6.61 Å². The van der Waals surface area contributed by atoms with Gasteiger partial charge in [0.15, 0.2) is 0 Å². The molecule has 3 rings (SSSR count). The van der Waals surface area contributed by atoms with Crippen LogP contribution in [0.4, 0.5) is 0 Å².